The van der Waals surface area contributed by atoms with E-state index in [9.17, 15) is 0 Å². The summed E-state index contributed by atoms with van der Waals surface area (Å²) in [5.74, 6) is 3.78. The van der Waals surface area contributed by atoms with E-state index in [0.717, 1.165) is 22.2 Å². The number of nitrogens with one attached hydrogen (secondary N) is 2. The Morgan fingerprint density at radius 1 is 0.477 bits per heavy atom. The van der Waals surface area contributed by atoms with Crippen LogP contribution in [0, 0.1) is 0 Å². The normalized spacial score (nSPS) is 15.1. The lowest BCUT2D eigenvalue weighted by atomic mass is 10.2. The monoisotopic (exact) mass is 594 g/mol. The lowest BCUT2D eigenvalue weighted by Gasteiger charge is -2.16. The molecule has 2 aromatic carbocycles. The van der Waals surface area contributed by atoms with Gasteiger partial charge in [0.2, 0.25) is 0 Å². The lowest BCUT2D eigenvalue weighted by Crippen LogP contribution is -2.15. The van der Waals surface area contributed by atoms with Gasteiger partial charge in [-0.05, 0) is 60.7 Å². The highest BCUT2D eigenvalue weighted by Gasteiger charge is 2.14. The summed E-state index contributed by atoms with van der Waals surface area (Å²) in [4.78, 5) is 24.4. The minimum Gasteiger partial charge on any atom is -0.487 e. The van der Waals surface area contributed by atoms with Gasteiger partial charge in [-0.2, -0.15) is 0 Å². The number of benzene rings is 2. The number of H-pyrrole nitrogens is 2. The molecule has 0 saturated carbocycles. The summed E-state index contributed by atoms with van der Waals surface area (Å²) in [5.41, 5.74) is 4.74. The molecule has 44 heavy (non-hydrogen) atoms. The first kappa shape index (κ1) is 27.6. The molecule has 7 rings (SSSR count). The molecule has 0 bridgehead atoms. The van der Waals surface area contributed by atoms with Gasteiger partial charge in [0.05, 0.1) is 37.5 Å². The summed E-state index contributed by atoms with van der Waals surface area (Å²) < 4.78 is 35.8. The van der Waals surface area contributed by atoms with E-state index < -0.39 is 0 Å². The lowest BCUT2D eigenvalue weighted by molar-refractivity contribution is 0.0640. The molecule has 0 atom stereocenters. The van der Waals surface area contributed by atoms with Gasteiger partial charge in [0.1, 0.15) is 38.1 Å². The maximum Gasteiger partial charge on any atom is 0.178 e. The van der Waals surface area contributed by atoms with E-state index in [1.807, 2.05) is 60.7 Å². The fourth-order valence-corrected chi connectivity index (χ4v) is 4.78. The van der Waals surface area contributed by atoms with Crippen LogP contribution in [0.1, 0.15) is 0 Å². The van der Waals surface area contributed by atoms with Gasteiger partial charge in [0.25, 0.3) is 0 Å². The number of hydrogen-bond donors (Lipinski definition) is 2. The SMILES string of the molecule is c1cnc2nc(-c3ccc4c(c3)OCCOCCOc3cc(-c5nc6ncccc6[nH]5)ccc3OCCOCCO4)[nH]c2c1. The third-order valence-corrected chi connectivity index (χ3v) is 6.89. The Hall–Kier alpha value is -5.20. The minimum atomic E-state index is 0.321. The van der Waals surface area contributed by atoms with Crippen LogP contribution in [-0.4, -0.2) is 82.8 Å². The van der Waals surface area contributed by atoms with Crippen LogP contribution < -0.4 is 18.9 Å². The van der Waals surface area contributed by atoms with Gasteiger partial charge in [-0.15, -0.1) is 0 Å². The highest BCUT2D eigenvalue weighted by molar-refractivity contribution is 5.77. The average molecular weight is 595 g/mol. The summed E-state index contributed by atoms with van der Waals surface area (Å²) in [6.07, 6.45) is 3.44. The molecule has 0 aliphatic carbocycles. The van der Waals surface area contributed by atoms with Crippen molar-refractivity contribution in [2.75, 3.05) is 52.9 Å². The van der Waals surface area contributed by atoms with Crippen LogP contribution >= 0.6 is 0 Å². The molecule has 0 radical (unpaired) electrons. The molecule has 12 nitrogen and oxygen atoms in total. The molecule has 1 aliphatic heterocycles. The van der Waals surface area contributed by atoms with E-state index in [1.54, 1.807) is 12.4 Å². The Morgan fingerprint density at radius 2 is 0.909 bits per heavy atom. The van der Waals surface area contributed by atoms with Gasteiger partial charge < -0.3 is 38.4 Å². The number of nitrogens with zero attached hydrogens (tertiary/aromatic N) is 4. The molecule has 6 aromatic rings. The van der Waals surface area contributed by atoms with E-state index in [4.69, 9.17) is 28.4 Å². The highest BCUT2D eigenvalue weighted by atomic mass is 16.6. The molecule has 224 valence electrons. The van der Waals surface area contributed by atoms with Crippen molar-refractivity contribution in [1.82, 2.24) is 29.9 Å². The Morgan fingerprint density at radius 3 is 1.34 bits per heavy atom. The second-order valence-corrected chi connectivity index (χ2v) is 9.86. The van der Waals surface area contributed by atoms with Crippen molar-refractivity contribution in [3.8, 4) is 45.8 Å². The molecular weight excluding hydrogens is 564 g/mol. The fourth-order valence-electron chi connectivity index (χ4n) is 4.78. The summed E-state index contributed by atoms with van der Waals surface area (Å²) in [6, 6.07) is 19.0. The van der Waals surface area contributed by atoms with Gasteiger partial charge in [-0.1, -0.05) is 0 Å². The second kappa shape index (κ2) is 13.0. The molecule has 0 amide bonds. The van der Waals surface area contributed by atoms with E-state index in [0.29, 0.717) is 98.8 Å². The number of hydrogen-bond acceptors (Lipinski definition) is 10. The maximum atomic E-state index is 6.09. The Balaban J connectivity index is 1.03. The molecule has 0 unspecified atom stereocenters. The van der Waals surface area contributed by atoms with Crippen molar-refractivity contribution >= 4 is 22.3 Å². The zero-order valence-corrected chi connectivity index (χ0v) is 23.8. The summed E-state index contributed by atoms with van der Waals surface area (Å²) in [5, 5.41) is 0. The molecule has 0 fully saturated rings. The van der Waals surface area contributed by atoms with Crippen molar-refractivity contribution in [2.24, 2.45) is 0 Å². The van der Waals surface area contributed by atoms with Gasteiger partial charge in [-0.3, -0.25) is 0 Å². The summed E-state index contributed by atoms with van der Waals surface area (Å²) in [6.45, 7) is 2.81. The van der Waals surface area contributed by atoms with Gasteiger partial charge in [0, 0.05) is 23.5 Å². The van der Waals surface area contributed by atoms with Crippen LogP contribution in [0.25, 0.3) is 45.1 Å². The molecule has 0 saturated heterocycles. The first-order chi connectivity index (χ1) is 21.8. The molecule has 4 aromatic heterocycles. The molecule has 0 spiro atoms. The molecular formula is C32H30N6O6. The zero-order chi connectivity index (χ0) is 29.6. The highest BCUT2D eigenvalue weighted by Crippen LogP contribution is 2.34. The number of aromatic amines is 2. The smallest absolute Gasteiger partial charge is 0.178 e. The number of imidazole rings is 2. The fraction of sp³-hybridized carbons (Fsp3) is 0.250. The largest absolute Gasteiger partial charge is 0.487 e. The van der Waals surface area contributed by atoms with Crippen LogP contribution in [0.3, 0.4) is 0 Å². The second-order valence-electron chi connectivity index (χ2n) is 9.86. The van der Waals surface area contributed by atoms with Gasteiger partial charge >= 0.3 is 0 Å². The molecule has 1 aliphatic rings. The van der Waals surface area contributed by atoms with Gasteiger partial charge in [-0.25, -0.2) is 19.9 Å². The first-order valence-corrected chi connectivity index (χ1v) is 14.4. The molecule has 12 heteroatoms. The quantitative estimate of drug-likeness (QED) is 0.287. The summed E-state index contributed by atoms with van der Waals surface area (Å²) in [7, 11) is 0. The summed E-state index contributed by atoms with van der Waals surface area (Å²) >= 11 is 0. The van der Waals surface area contributed by atoms with Crippen LogP contribution in [0.2, 0.25) is 0 Å². The van der Waals surface area contributed by atoms with Crippen molar-refractivity contribution in [2.45, 2.75) is 0 Å². The van der Waals surface area contributed by atoms with Crippen LogP contribution in [0.15, 0.2) is 73.1 Å². The van der Waals surface area contributed by atoms with Crippen molar-refractivity contribution in [3.63, 3.8) is 0 Å². The van der Waals surface area contributed by atoms with E-state index in [-0.39, 0.29) is 0 Å². The van der Waals surface area contributed by atoms with Crippen LogP contribution in [0.5, 0.6) is 23.0 Å². The van der Waals surface area contributed by atoms with Crippen molar-refractivity contribution < 1.29 is 28.4 Å². The predicted molar refractivity (Wildman–Crippen MR) is 162 cm³/mol. The van der Waals surface area contributed by atoms with Gasteiger partial charge in [0.15, 0.2) is 34.3 Å². The number of rotatable bonds is 2. The molecule has 5 heterocycles. The number of aromatic nitrogens is 6. The Labute approximate surface area is 252 Å². The molecule has 2 N–H and O–H groups in total. The third kappa shape index (κ3) is 6.26. The van der Waals surface area contributed by atoms with E-state index >= 15 is 0 Å². The maximum absolute atomic E-state index is 6.09. The number of pyridine rings is 2. The van der Waals surface area contributed by atoms with Crippen molar-refractivity contribution in [3.05, 3.63) is 73.1 Å². The van der Waals surface area contributed by atoms with Crippen molar-refractivity contribution in [1.29, 1.82) is 0 Å². The minimum absolute atomic E-state index is 0.321. The standard InChI is InChI=1S/C32H30N6O6/c1-3-23-31(33-9-1)37-29(35-23)21-5-7-25-27(19-21)43-17-13-40-14-18-44-28-20-22(30-36-24-4-2-10-34-32(24)38-30)6-8-26(28)42-16-12-39-11-15-41-25/h1-10,19-20H,11-18H2,(H,33,35,37)(H,34,36,38). The third-order valence-electron chi connectivity index (χ3n) is 6.89. The number of fused-ring (bicyclic) bond motifs is 4. The van der Waals surface area contributed by atoms with E-state index in [2.05, 4.69) is 29.9 Å². The Bertz CT molecular complexity index is 1670. The van der Waals surface area contributed by atoms with Crippen LogP contribution in [0.4, 0.5) is 0 Å². The van der Waals surface area contributed by atoms with E-state index in [1.165, 1.54) is 0 Å². The van der Waals surface area contributed by atoms with Crippen LogP contribution in [-0.2, 0) is 9.47 Å². The zero-order valence-electron chi connectivity index (χ0n) is 23.8. The topological polar surface area (TPSA) is 139 Å². The number of ether oxygens (including phenoxy) is 6. The average Bonchev–Trinajstić information content (AvgIpc) is 3.69. The predicted octanol–water partition coefficient (Wildman–Crippen LogP) is 4.83. The Kier molecular flexibility index (Phi) is 8.15. The first-order valence-electron chi connectivity index (χ1n) is 14.4.